The first kappa shape index (κ1) is 31.6. The second-order valence-corrected chi connectivity index (χ2v) is 13.3. The van der Waals surface area contributed by atoms with Gasteiger partial charge in [-0.25, -0.2) is 8.42 Å². The summed E-state index contributed by atoms with van der Waals surface area (Å²) in [7, 11) is -3.64. The number of hydrogen-bond acceptors (Lipinski definition) is 9. The first-order chi connectivity index (χ1) is 20.6. The van der Waals surface area contributed by atoms with E-state index >= 15 is 0 Å². The van der Waals surface area contributed by atoms with Gasteiger partial charge in [0.05, 0.1) is 6.26 Å². The number of carboxylic acids is 1. The molecule has 2 aliphatic heterocycles. The molecule has 11 nitrogen and oxygen atoms in total. The monoisotopic (exact) mass is 654 g/mol. The van der Waals surface area contributed by atoms with Crippen molar-refractivity contribution >= 4 is 45.0 Å². The minimum atomic E-state index is -4.90. The zero-order valence-electron chi connectivity index (χ0n) is 23.4. The minimum Gasteiger partial charge on any atom is -0.480 e. The van der Waals surface area contributed by atoms with Crippen LogP contribution in [-0.2, 0) is 14.8 Å². The van der Waals surface area contributed by atoms with Gasteiger partial charge in [0.2, 0.25) is 28.0 Å². The maximum absolute atomic E-state index is 14.6. The van der Waals surface area contributed by atoms with E-state index in [2.05, 4.69) is 20.0 Å². The Balaban J connectivity index is 1.43. The van der Waals surface area contributed by atoms with Crippen LogP contribution in [0.5, 0.6) is 5.88 Å². The molecule has 0 unspecified atom stereocenters. The first-order valence-corrected chi connectivity index (χ1v) is 15.8. The number of alkyl halides is 3. The van der Waals surface area contributed by atoms with Crippen molar-refractivity contribution in [3.8, 4) is 17.0 Å². The lowest BCUT2D eigenvalue weighted by Crippen LogP contribution is -2.41. The molecule has 0 bridgehead atoms. The number of halogens is 4. The van der Waals surface area contributed by atoms with Gasteiger partial charge in [-0.3, -0.25) is 9.52 Å². The van der Waals surface area contributed by atoms with E-state index in [-0.39, 0.29) is 38.8 Å². The van der Waals surface area contributed by atoms with Crippen molar-refractivity contribution in [1.82, 2.24) is 15.3 Å². The van der Waals surface area contributed by atoms with Crippen molar-refractivity contribution < 1.29 is 36.2 Å². The first-order valence-electron chi connectivity index (χ1n) is 13.6. The number of nitrogens with two attached hydrogens (primary N) is 1. The number of piperidine rings is 1. The SMILES string of the molecule is CS(=O)(=O)Nc1cccc(-c2cc(Cl)ccc2[C@@H](Oc2cc(N3CCC4(CC3)CN[C@H](C(=O)O)C4)nc(N)n2)C(F)(F)F)c1. The summed E-state index contributed by atoms with van der Waals surface area (Å²) in [4.78, 5) is 21.4. The highest BCUT2D eigenvalue weighted by atomic mass is 35.5. The van der Waals surface area contributed by atoms with Crippen molar-refractivity contribution in [3.05, 3.63) is 59.1 Å². The number of ether oxygens (including phenoxy) is 1. The highest BCUT2D eigenvalue weighted by Crippen LogP contribution is 2.43. The van der Waals surface area contributed by atoms with Gasteiger partial charge in [0.1, 0.15) is 11.9 Å². The van der Waals surface area contributed by atoms with Crippen LogP contribution in [0.2, 0.25) is 5.02 Å². The Morgan fingerprint density at radius 2 is 1.93 bits per heavy atom. The Morgan fingerprint density at radius 1 is 1.20 bits per heavy atom. The molecule has 3 aromatic rings. The smallest absolute Gasteiger partial charge is 0.429 e. The van der Waals surface area contributed by atoms with Crippen LogP contribution >= 0.6 is 11.6 Å². The molecule has 0 aliphatic carbocycles. The number of carboxylic acid groups (broad SMARTS) is 1. The summed E-state index contributed by atoms with van der Waals surface area (Å²) in [5.74, 6) is -1.27. The third-order valence-electron chi connectivity index (χ3n) is 7.82. The third-order valence-corrected chi connectivity index (χ3v) is 8.67. The van der Waals surface area contributed by atoms with Gasteiger partial charge in [0, 0.05) is 42.0 Å². The number of aliphatic carboxylic acids is 1. The molecule has 2 saturated heterocycles. The van der Waals surface area contributed by atoms with Gasteiger partial charge in [-0.15, -0.1) is 0 Å². The van der Waals surface area contributed by atoms with Crippen molar-refractivity contribution in [2.75, 3.05) is 41.2 Å². The second kappa shape index (κ2) is 11.9. The molecule has 2 fully saturated rings. The fourth-order valence-electron chi connectivity index (χ4n) is 5.73. The lowest BCUT2D eigenvalue weighted by Gasteiger charge is -2.39. The van der Waals surface area contributed by atoms with Crippen LogP contribution in [-0.4, -0.2) is 67.6 Å². The van der Waals surface area contributed by atoms with E-state index < -0.39 is 40.2 Å². The van der Waals surface area contributed by atoms with Crippen LogP contribution in [0.25, 0.3) is 11.1 Å². The molecule has 1 aromatic heterocycles. The van der Waals surface area contributed by atoms with E-state index in [9.17, 15) is 31.5 Å². The molecule has 2 aromatic carbocycles. The Kier molecular flexibility index (Phi) is 8.57. The average Bonchev–Trinajstić information content (AvgIpc) is 3.34. The van der Waals surface area contributed by atoms with Gasteiger partial charge in [-0.1, -0.05) is 29.8 Å². The van der Waals surface area contributed by atoms with Crippen LogP contribution in [0.4, 0.5) is 30.6 Å². The third kappa shape index (κ3) is 7.27. The van der Waals surface area contributed by atoms with Gasteiger partial charge in [-0.2, -0.15) is 23.1 Å². The second-order valence-electron chi connectivity index (χ2n) is 11.1. The van der Waals surface area contributed by atoms with Crippen molar-refractivity contribution in [1.29, 1.82) is 0 Å². The highest BCUT2D eigenvalue weighted by Gasteiger charge is 2.46. The average molecular weight is 655 g/mol. The molecular weight excluding hydrogens is 625 g/mol. The molecule has 16 heteroatoms. The van der Waals surface area contributed by atoms with E-state index in [0.29, 0.717) is 44.7 Å². The summed E-state index contributed by atoms with van der Waals surface area (Å²) in [5.41, 5.74) is 5.94. The van der Waals surface area contributed by atoms with E-state index in [4.69, 9.17) is 22.1 Å². The van der Waals surface area contributed by atoms with Crippen LogP contribution in [0.3, 0.4) is 0 Å². The fraction of sp³-hybridized carbons (Fsp3) is 0.393. The topological polar surface area (TPSA) is 160 Å². The number of sulfonamides is 1. The number of nitrogens with zero attached hydrogens (tertiary/aromatic N) is 3. The summed E-state index contributed by atoms with van der Waals surface area (Å²) >= 11 is 6.18. The van der Waals surface area contributed by atoms with Gasteiger partial charge in [0.25, 0.3) is 0 Å². The Hall–Kier alpha value is -3.82. The highest BCUT2D eigenvalue weighted by molar-refractivity contribution is 7.92. The lowest BCUT2D eigenvalue weighted by atomic mass is 9.76. The number of rotatable bonds is 8. The van der Waals surface area contributed by atoms with E-state index in [1.807, 2.05) is 4.90 Å². The fourth-order valence-corrected chi connectivity index (χ4v) is 6.46. The maximum atomic E-state index is 14.6. The summed E-state index contributed by atoms with van der Waals surface area (Å²) < 4.78 is 75.2. The molecule has 3 heterocycles. The molecule has 5 N–H and O–H groups in total. The van der Waals surface area contributed by atoms with Crippen LogP contribution < -0.4 is 25.4 Å². The van der Waals surface area contributed by atoms with Crippen molar-refractivity contribution in [3.63, 3.8) is 0 Å². The number of nitrogen functional groups attached to an aromatic ring is 1. The molecule has 236 valence electrons. The number of nitrogens with one attached hydrogen (secondary N) is 2. The zero-order valence-corrected chi connectivity index (χ0v) is 25.0. The van der Waals surface area contributed by atoms with Gasteiger partial charge >= 0.3 is 12.1 Å². The number of aromatic nitrogens is 2. The molecular formula is C28H30ClF3N6O5S. The summed E-state index contributed by atoms with van der Waals surface area (Å²) in [6.07, 6.45) is -4.61. The zero-order chi connectivity index (χ0) is 31.9. The maximum Gasteiger partial charge on any atom is 0.429 e. The number of carbonyl (C=O) groups is 1. The quantitative estimate of drug-likeness (QED) is 0.273. The molecule has 2 atom stereocenters. The largest absolute Gasteiger partial charge is 0.480 e. The molecule has 5 rings (SSSR count). The van der Waals surface area contributed by atoms with Gasteiger partial charge in [0.15, 0.2) is 0 Å². The Labute approximate surface area is 256 Å². The van der Waals surface area contributed by atoms with Crippen LogP contribution in [0.1, 0.15) is 30.9 Å². The van der Waals surface area contributed by atoms with Crippen LogP contribution in [0.15, 0.2) is 48.5 Å². The molecule has 0 amide bonds. The standard InChI is InChI=1S/C28H30ClF3N6O5S/c1-44(41,42)37-18-4-2-3-16(11-18)20-12-17(29)5-6-19(20)24(28(30,31)32)43-23-13-22(35-26(33)36-23)38-9-7-27(8-10-38)14-21(25(39)40)34-15-27/h2-6,11-13,21,24,34,37H,7-10,14-15H2,1H3,(H,39,40)(H2,33,35,36)/t21-,24+/m0/s1. The Bertz CT molecular complexity index is 1670. The molecule has 0 saturated carbocycles. The van der Waals surface area contributed by atoms with E-state index in [1.54, 1.807) is 0 Å². The van der Waals surface area contributed by atoms with Crippen molar-refractivity contribution in [2.45, 2.75) is 37.6 Å². The Morgan fingerprint density at radius 3 is 2.57 bits per heavy atom. The number of hydrogen-bond donors (Lipinski definition) is 4. The minimum absolute atomic E-state index is 0.0744. The van der Waals surface area contributed by atoms with E-state index in [1.165, 1.54) is 48.5 Å². The molecule has 44 heavy (non-hydrogen) atoms. The predicted molar refractivity (Wildman–Crippen MR) is 159 cm³/mol. The van der Waals surface area contributed by atoms with Gasteiger partial charge < -0.3 is 25.8 Å². The lowest BCUT2D eigenvalue weighted by molar-refractivity contribution is -0.198. The predicted octanol–water partition coefficient (Wildman–Crippen LogP) is 4.47. The molecule has 0 radical (unpaired) electrons. The van der Waals surface area contributed by atoms with E-state index in [0.717, 1.165) is 6.26 Å². The molecule has 1 spiro atoms. The summed E-state index contributed by atoms with van der Waals surface area (Å²) in [6.45, 7) is 1.56. The number of anilines is 3. The normalized spacial score (nSPS) is 19.1. The number of benzene rings is 2. The molecule has 2 aliphatic rings. The van der Waals surface area contributed by atoms with Crippen LogP contribution in [0, 0.1) is 5.41 Å². The van der Waals surface area contributed by atoms with Crippen molar-refractivity contribution in [2.24, 2.45) is 5.41 Å². The summed E-state index contributed by atoms with van der Waals surface area (Å²) in [6, 6.07) is 10.4. The summed E-state index contributed by atoms with van der Waals surface area (Å²) in [5, 5.41) is 12.6. The van der Waals surface area contributed by atoms with Gasteiger partial charge in [-0.05, 0) is 60.1 Å².